The lowest BCUT2D eigenvalue weighted by Gasteiger charge is -2.04. The van der Waals surface area contributed by atoms with Crippen molar-refractivity contribution in [2.45, 2.75) is 0 Å². The number of ether oxygens (including phenoxy) is 1. The van der Waals surface area contributed by atoms with E-state index in [4.69, 9.17) is 10.5 Å². The van der Waals surface area contributed by atoms with E-state index in [0.717, 1.165) is 0 Å². The zero-order valence-corrected chi connectivity index (χ0v) is 12.5. The summed E-state index contributed by atoms with van der Waals surface area (Å²) < 4.78 is 17.9. The van der Waals surface area contributed by atoms with Crippen molar-refractivity contribution < 1.29 is 18.7 Å². The fourth-order valence-corrected chi connectivity index (χ4v) is 1.66. The highest BCUT2D eigenvalue weighted by atomic mass is 19.1. The van der Waals surface area contributed by atoms with Gasteiger partial charge in [0.25, 0.3) is 5.91 Å². The number of urea groups is 1. The summed E-state index contributed by atoms with van der Waals surface area (Å²) in [6, 6.07) is 11.5. The van der Waals surface area contributed by atoms with Crippen molar-refractivity contribution in [3.8, 4) is 5.75 Å². The minimum Gasteiger partial charge on any atom is -0.484 e. The fourth-order valence-electron chi connectivity index (χ4n) is 1.66. The lowest BCUT2D eigenvalue weighted by atomic mass is 10.2. The second-order valence-electron chi connectivity index (χ2n) is 4.66. The minimum atomic E-state index is -0.558. The summed E-state index contributed by atoms with van der Waals surface area (Å²) >= 11 is 0. The van der Waals surface area contributed by atoms with Gasteiger partial charge in [-0.1, -0.05) is 0 Å². The molecule has 7 nitrogen and oxygen atoms in total. The lowest BCUT2D eigenvalue weighted by molar-refractivity contribution is -0.119. The molecule has 2 aromatic carbocycles. The first-order chi connectivity index (χ1) is 11.5. The van der Waals surface area contributed by atoms with Crippen LogP contribution in [0.15, 0.2) is 53.6 Å². The molecule has 0 fully saturated rings. The van der Waals surface area contributed by atoms with E-state index in [0.29, 0.717) is 17.0 Å². The van der Waals surface area contributed by atoms with E-state index in [2.05, 4.69) is 15.8 Å². The van der Waals surface area contributed by atoms with Gasteiger partial charge in [-0.3, -0.25) is 4.79 Å². The Hall–Kier alpha value is -3.42. The minimum absolute atomic E-state index is 0.196. The van der Waals surface area contributed by atoms with Crippen molar-refractivity contribution in [3.05, 3.63) is 59.9 Å². The Balaban J connectivity index is 1.81. The highest BCUT2D eigenvalue weighted by Crippen LogP contribution is 2.11. The van der Waals surface area contributed by atoms with E-state index in [-0.39, 0.29) is 12.4 Å². The molecule has 0 heterocycles. The number of nitrogens with one attached hydrogen (secondary N) is 2. The van der Waals surface area contributed by atoms with Crippen LogP contribution in [0.2, 0.25) is 0 Å². The van der Waals surface area contributed by atoms with Crippen LogP contribution in [0.1, 0.15) is 5.56 Å². The van der Waals surface area contributed by atoms with Crippen LogP contribution in [-0.2, 0) is 4.79 Å². The Bertz CT molecular complexity index is 730. The standard InChI is InChI=1S/C16H15FN4O3/c17-12-3-5-13(6-4-12)20-16(23)21-19-9-11-1-7-14(8-2-11)24-10-15(18)22/h1-9H,10H2,(H2,18,22)(H2,20,21,23)/b19-9+. The predicted molar refractivity (Wildman–Crippen MR) is 87.3 cm³/mol. The molecule has 0 bridgehead atoms. The number of carbonyl (C=O) groups excluding carboxylic acids is 2. The molecular formula is C16H15FN4O3. The number of halogens is 1. The van der Waals surface area contributed by atoms with E-state index >= 15 is 0 Å². The quantitative estimate of drug-likeness (QED) is 0.556. The largest absolute Gasteiger partial charge is 0.484 e. The molecule has 0 aliphatic rings. The molecule has 124 valence electrons. The lowest BCUT2D eigenvalue weighted by Crippen LogP contribution is -2.24. The number of hydrogen-bond acceptors (Lipinski definition) is 4. The van der Waals surface area contributed by atoms with Gasteiger partial charge in [0.1, 0.15) is 11.6 Å². The average molecular weight is 330 g/mol. The first kappa shape index (κ1) is 16.9. The van der Waals surface area contributed by atoms with Gasteiger partial charge < -0.3 is 15.8 Å². The molecule has 0 atom stereocenters. The summed E-state index contributed by atoms with van der Waals surface area (Å²) in [5, 5.41) is 6.28. The van der Waals surface area contributed by atoms with Gasteiger partial charge in [-0.25, -0.2) is 14.6 Å². The Morgan fingerprint density at radius 1 is 1.12 bits per heavy atom. The van der Waals surface area contributed by atoms with Gasteiger partial charge in [-0.15, -0.1) is 0 Å². The maximum atomic E-state index is 12.7. The Kier molecular flexibility index (Phi) is 5.84. The smallest absolute Gasteiger partial charge is 0.339 e. The highest BCUT2D eigenvalue weighted by molar-refractivity contribution is 5.90. The molecule has 0 radical (unpaired) electrons. The van der Waals surface area contributed by atoms with E-state index in [1.807, 2.05) is 0 Å². The molecule has 0 aromatic heterocycles. The van der Waals surface area contributed by atoms with Gasteiger partial charge in [0, 0.05) is 5.69 Å². The fraction of sp³-hybridized carbons (Fsp3) is 0.0625. The van der Waals surface area contributed by atoms with Crippen molar-refractivity contribution in [1.29, 1.82) is 0 Å². The first-order valence-electron chi connectivity index (χ1n) is 6.90. The third kappa shape index (κ3) is 5.76. The number of hydrogen-bond donors (Lipinski definition) is 3. The SMILES string of the molecule is NC(=O)COc1ccc(/C=N/NC(=O)Nc2ccc(F)cc2)cc1. The number of amides is 3. The van der Waals surface area contributed by atoms with Crippen LogP contribution in [0, 0.1) is 5.82 Å². The highest BCUT2D eigenvalue weighted by Gasteiger charge is 2.00. The molecule has 0 saturated carbocycles. The molecule has 3 amide bonds. The number of benzene rings is 2. The number of nitrogens with zero attached hydrogens (tertiary/aromatic N) is 1. The van der Waals surface area contributed by atoms with Crippen LogP contribution in [-0.4, -0.2) is 24.8 Å². The average Bonchev–Trinajstić information content (AvgIpc) is 2.56. The number of nitrogens with two attached hydrogens (primary N) is 1. The molecule has 0 aliphatic heterocycles. The van der Waals surface area contributed by atoms with Gasteiger partial charge in [0.05, 0.1) is 6.21 Å². The maximum absolute atomic E-state index is 12.7. The number of anilines is 1. The van der Waals surface area contributed by atoms with E-state index < -0.39 is 11.9 Å². The van der Waals surface area contributed by atoms with Crippen molar-refractivity contribution >= 4 is 23.8 Å². The van der Waals surface area contributed by atoms with Gasteiger partial charge in [-0.05, 0) is 54.1 Å². The summed E-state index contributed by atoms with van der Waals surface area (Å²) in [7, 11) is 0. The Morgan fingerprint density at radius 2 is 1.79 bits per heavy atom. The van der Waals surface area contributed by atoms with E-state index in [1.54, 1.807) is 24.3 Å². The van der Waals surface area contributed by atoms with E-state index in [9.17, 15) is 14.0 Å². The third-order valence-electron chi connectivity index (χ3n) is 2.74. The molecule has 4 N–H and O–H groups in total. The van der Waals surface area contributed by atoms with Crippen LogP contribution in [0.5, 0.6) is 5.75 Å². The second-order valence-corrected chi connectivity index (χ2v) is 4.66. The summed E-state index contributed by atoms with van der Waals surface area (Å²) in [4.78, 5) is 22.2. The van der Waals surface area contributed by atoms with E-state index in [1.165, 1.54) is 30.5 Å². The van der Waals surface area contributed by atoms with Gasteiger partial charge in [0.2, 0.25) is 0 Å². The summed E-state index contributed by atoms with van der Waals surface area (Å²) in [5.41, 5.74) is 8.42. The van der Waals surface area contributed by atoms with Crippen LogP contribution in [0.25, 0.3) is 0 Å². The van der Waals surface area contributed by atoms with Crippen molar-refractivity contribution in [2.75, 3.05) is 11.9 Å². The van der Waals surface area contributed by atoms with Crippen LogP contribution < -0.4 is 21.2 Å². The first-order valence-corrected chi connectivity index (χ1v) is 6.90. The van der Waals surface area contributed by atoms with Crippen molar-refractivity contribution in [3.63, 3.8) is 0 Å². The molecule has 2 rings (SSSR count). The molecule has 0 unspecified atom stereocenters. The zero-order chi connectivity index (χ0) is 17.4. The predicted octanol–water partition coefficient (Wildman–Crippen LogP) is 1.85. The molecule has 2 aromatic rings. The van der Waals surface area contributed by atoms with Crippen LogP contribution in [0.4, 0.5) is 14.9 Å². The number of rotatable bonds is 6. The monoisotopic (exact) mass is 330 g/mol. The number of primary amides is 1. The molecule has 0 aliphatic carbocycles. The third-order valence-corrected chi connectivity index (χ3v) is 2.74. The molecule has 8 heteroatoms. The van der Waals surface area contributed by atoms with Crippen molar-refractivity contribution in [1.82, 2.24) is 5.43 Å². The number of carbonyl (C=O) groups is 2. The van der Waals surface area contributed by atoms with Crippen LogP contribution in [0.3, 0.4) is 0 Å². The molecule has 24 heavy (non-hydrogen) atoms. The van der Waals surface area contributed by atoms with Gasteiger partial charge >= 0.3 is 6.03 Å². The summed E-state index contributed by atoms with van der Waals surface area (Å²) in [5.74, 6) is -0.452. The molecule has 0 spiro atoms. The van der Waals surface area contributed by atoms with Gasteiger partial charge in [0.15, 0.2) is 6.61 Å². The Labute approximate surface area is 137 Å². The number of hydrazone groups is 1. The normalized spacial score (nSPS) is 10.4. The topological polar surface area (TPSA) is 106 Å². The Morgan fingerprint density at radius 3 is 2.42 bits per heavy atom. The molecular weight excluding hydrogens is 315 g/mol. The molecule has 0 saturated heterocycles. The van der Waals surface area contributed by atoms with Crippen molar-refractivity contribution in [2.24, 2.45) is 10.8 Å². The summed E-state index contributed by atoms with van der Waals surface area (Å²) in [6.07, 6.45) is 1.43. The van der Waals surface area contributed by atoms with Crippen LogP contribution >= 0.6 is 0 Å². The maximum Gasteiger partial charge on any atom is 0.339 e. The zero-order valence-electron chi connectivity index (χ0n) is 12.5. The second kappa shape index (κ2) is 8.28. The van der Waals surface area contributed by atoms with Gasteiger partial charge in [-0.2, -0.15) is 5.10 Å². The summed E-state index contributed by atoms with van der Waals surface area (Å²) in [6.45, 7) is -0.196.